The van der Waals surface area contributed by atoms with Crippen LogP contribution in [0.1, 0.15) is 72.9 Å². The SMILES string of the molecule is O=C1NS(=O)(=O)C2CCC[C@H](/C=C/[C@H](O)[C@@H]3CC[C@H]3CN3CCCCc4cc(Cl)ccc4COc4ccc1cc43)C2. The maximum absolute atomic E-state index is 13.4. The molecule has 220 valence electrons. The van der Waals surface area contributed by atoms with Crippen molar-refractivity contribution < 1.29 is 23.1 Å². The molecule has 2 saturated carbocycles. The van der Waals surface area contributed by atoms with Gasteiger partial charge >= 0.3 is 0 Å². The number of aliphatic hydroxyl groups is 1. The normalized spacial score (nSPS) is 30.7. The molecule has 2 heterocycles. The summed E-state index contributed by atoms with van der Waals surface area (Å²) in [6.45, 7) is 1.86. The Morgan fingerprint density at radius 2 is 1.85 bits per heavy atom. The second-order valence-electron chi connectivity index (χ2n) is 12.2. The highest BCUT2D eigenvalue weighted by molar-refractivity contribution is 7.90. The third kappa shape index (κ3) is 6.30. The summed E-state index contributed by atoms with van der Waals surface area (Å²) in [5, 5.41) is 11.2. The summed E-state index contributed by atoms with van der Waals surface area (Å²) in [7, 11) is -3.85. The van der Waals surface area contributed by atoms with E-state index in [9.17, 15) is 18.3 Å². The van der Waals surface area contributed by atoms with Crippen molar-refractivity contribution in [3.8, 4) is 5.75 Å². The van der Waals surface area contributed by atoms with E-state index in [1.807, 2.05) is 30.4 Å². The van der Waals surface area contributed by atoms with E-state index in [1.165, 1.54) is 5.56 Å². The number of carbonyl (C=O) groups excluding carboxylic acids is 1. The van der Waals surface area contributed by atoms with Crippen LogP contribution >= 0.6 is 11.6 Å². The number of aliphatic hydroxyl groups excluding tert-OH is 1. The van der Waals surface area contributed by atoms with E-state index in [4.69, 9.17) is 16.3 Å². The van der Waals surface area contributed by atoms with E-state index in [0.717, 1.165) is 69.3 Å². The number of allylic oxidation sites excluding steroid dienone is 1. The molecular weight excluding hydrogens is 560 g/mol. The average molecular weight is 599 g/mol. The quantitative estimate of drug-likeness (QED) is 0.381. The number of carbonyl (C=O) groups is 1. The first-order valence-corrected chi connectivity index (χ1v) is 16.9. The Hall–Kier alpha value is -2.55. The van der Waals surface area contributed by atoms with Gasteiger partial charge in [-0.05, 0) is 111 Å². The van der Waals surface area contributed by atoms with Gasteiger partial charge in [-0.2, -0.15) is 0 Å². The predicted molar refractivity (Wildman–Crippen MR) is 161 cm³/mol. The molecule has 6 rings (SSSR count). The highest BCUT2D eigenvalue weighted by Crippen LogP contribution is 2.41. The molecule has 0 radical (unpaired) electrons. The molecule has 0 saturated heterocycles. The molecule has 41 heavy (non-hydrogen) atoms. The maximum Gasteiger partial charge on any atom is 0.264 e. The third-order valence-electron chi connectivity index (χ3n) is 9.53. The van der Waals surface area contributed by atoms with Gasteiger partial charge in [0.05, 0.1) is 17.0 Å². The summed E-state index contributed by atoms with van der Waals surface area (Å²) in [5.41, 5.74) is 3.34. The summed E-state index contributed by atoms with van der Waals surface area (Å²) in [4.78, 5) is 15.6. The van der Waals surface area contributed by atoms with Crippen LogP contribution in [-0.4, -0.2) is 43.9 Å². The zero-order chi connectivity index (χ0) is 28.6. The van der Waals surface area contributed by atoms with Crippen LogP contribution in [0, 0.1) is 17.8 Å². The lowest BCUT2D eigenvalue weighted by atomic mass is 9.70. The van der Waals surface area contributed by atoms with Crippen molar-refractivity contribution in [3.05, 3.63) is 70.3 Å². The molecule has 1 amide bonds. The van der Waals surface area contributed by atoms with E-state index >= 15 is 0 Å². The lowest BCUT2D eigenvalue weighted by Crippen LogP contribution is -2.43. The second kappa shape index (κ2) is 12.0. The van der Waals surface area contributed by atoms with Crippen LogP contribution < -0.4 is 14.4 Å². The van der Waals surface area contributed by atoms with Crippen molar-refractivity contribution in [1.82, 2.24) is 4.72 Å². The minimum atomic E-state index is -3.85. The number of benzene rings is 2. The fourth-order valence-corrected chi connectivity index (χ4v) is 8.67. The molecular formula is C32H39ClN2O5S. The van der Waals surface area contributed by atoms with Crippen LogP contribution in [0.4, 0.5) is 5.69 Å². The summed E-state index contributed by atoms with van der Waals surface area (Å²) >= 11 is 6.30. The molecule has 1 unspecified atom stereocenters. The summed E-state index contributed by atoms with van der Waals surface area (Å²) in [6, 6.07) is 11.1. The number of aryl methyl sites for hydroxylation is 1. The fourth-order valence-electron chi connectivity index (χ4n) is 6.96. The minimum Gasteiger partial charge on any atom is -0.487 e. The molecule has 4 aliphatic rings. The number of hydrogen-bond donors (Lipinski definition) is 2. The summed E-state index contributed by atoms with van der Waals surface area (Å²) in [6.07, 6.45) is 10.8. The molecule has 2 aromatic rings. The number of halogens is 1. The van der Waals surface area contributed by atoms with Crippen LogP contribution in [0.15, 0.2) is 48.6 Å². The number of amides is 1. The Morgan fingerprint density at radius 3 is 2.68 bits per heavy atom. The van der Waals surface area contributed by atoms with E-state index in [0.29, 0.717) is 41.7 Å². The second-order valence-corrected chi connectivity index (χ2v) is 14.6. The van der Waals surface area contributed by atoms with Crippen LogP contribution in [0.25, 0.3) is 0 Å². The number of hydrogen-bond acceptors (Lipinski definition) is 6. The molecule has 9 heteroatoms. The van der Waals surface area contributed by atoms with Gasteiger partial charge in [-0.15, -0.1) is 0 Å². The molecule has 7 nitrogen and oxygen atoms in total. The van der Waals surface area contributed by atoms with Gasteiger partial charge in [0.15, 0.2) is 0 Å². The maximum atomic E-state index is 13.4. The number of ether oxygens (including phenoxy) is 1. The van der Waals surface area contributed by atoms with Gasteiger partial charge in [0, 0.05) is 23.7 Å². The van der Waals surface area contributed by atoms with E-state index < -0.39 is 27.3 Å². The van der Waals surface area contributed by atoms with Crippen molar-refractivity contribution in [2.75, 3.05) is 18.0 Å². The smallest absolute Gasteiger partial charge is 0.264 e. The average Bonchev–Trinajstić information content (AvgIpc) is 2.97. The number of sulfonamides is 1. The molecule has 0 spiro atoms. The van der Waals surface area contributed by atoms with Crippen molar-refractivity contribution in [1.29, 1.82) is 0 Å². The molecule has 2 fully saturated rings. The number of rotatable bonds is 0. The van der Waals surface area contributed by atoms with Gasteiger partial charge in [0.1, 0.15) is 12.4 Å². The molecule has 0 aromatic heterocycles. The van der Waals surface area contributed by atoms with Gasteiger partial charge in [0.25, 0.3) is 5.91 Å². The Balaban J connectivity index is 1.38. The van der Waals surface area contributed by atoms with Gasteiger partial charge in [0.2, 0.25) is 10.0 Å². The fraction of sp³-hybridized carbons (Fsp3) is 0.531. The van der Waals surface area contributed by atoms with Gasteiger partial charge < -0.3 is 14.7 Å². The van der Waals surface area contributed by atoms with Crippen molar-refractivity contribution >= 4 is 33.2 Å². The topological polar surface area (TPSA) is 95.9 Å². The van der Waals surface area contributed by atoms with Crippen LogP contribution in [0.3, 0.4) is 0 Å². The Bertz CT molecular complexity index is 1430. The van der Waals surface area contributed by atoms with Crippen LogP contribution in [0.2, 0.25) is 5.02 Å². The van der Waals surface area contributed by atoms with E-state index in [1.54, 1.807) is 18.2 Å². The molecule has 4 bridgehead atoms. The Kier molecular flexibility index (Phi) is 8.35. The lowest BCUT2D eigenvalue weighted by Gasteiger charge is -2.42. The molecule has 2 N–H and O–H groups in total. The van der Waals surface area contributed by atoms with Crippen molar-refractivity contribution in [2.45, 2.75) is 75.7 Å². The van der Waals surface area contributed by atoms with Crippen LogP contribution in [-0.2, 0) is 23.1 Å². The van der Waals surface area contributed by atoms with Crippen molar-refractivity contribution in [3.63, 3.8) is 0 Å². The highest BCUT2D eigenvalue weighted by Gasteiger charge is 2.38. The number of anilines is 1. The lowest BCUT2D eigenvalue weighted by molar-refractivity contribution is 0.0459. The number of nitrogens with zero attached hydrogens (tertiary/aromatic N) is 1. The molecule has 2 aliphatic heterocycles. The molecule has 5 atom stereocenters. The predicted octanol–water partition coefficient (Wildman–Crippen LogP) is 5.64. The third-order valence-corrected chi connectivity index (χ3v) is 11.5. The first kappa shape index (κ1) is 28.6. The molecule has 2 aromatic carbocycles. The Morgan fingerprint density at radius 1 is 0.976 bits per heavy atom. The highest BCUT2D eigenvalue weighted by atomic mass is 35.5. The first-order chi connectivity index (χ1) is 19.8. The standard InChI is InChI=1S/C32H39ClN2O5S/c33-26-11-8-25-20-40-31-14-10-23-18-29(31)35(15-2-1-5-22(25)17-26)19-24-9-12-28(24)30(36)13-7-21-4-3-6-27(16-21)41(38,39)34-32(23)37/h7-8,10-11,13-14,17-18,21,24,27-28,30,36H,1-6,9,12,15-16,19-20H2,(H,34,37)/b13-7+/t21-,24+,27?,28-,30+/m1/s1. The number of fused-ring (bicyclic) bond motifs is 5. The van der Waals surface area contributed by atoms with E-state index in [2.05, 4.69) is 9.62 Å². The Labute approximate surface area is 248 Å². The van der Waals surface area contributed by atoms with Crippen LogP contribution in [0.5, 0.6) is 5.75 Å². The largest absolute Gasteiger partial charge is 0.487 e. The first-order valence-electron chi connectivity index (χ1n) is 15.0. The van der Waals surface area contributed by atoms with E-state index in [-0.39, 0.29) is 11.8 Å². The number of nitrogens with one attached hydrogen (secondary N) is 1. The summed E-state index contributed by atoms with van der Waals surface area (Å²) in [5.74, 6) is 0.592. The van der Waals surface area contributed by atoms with Gasteiger partial charge in [-0.1, -0.05) is 36.2 Å². The monoisotopic (exact) mass is 598 g/mol. The zero-order valence-corrected chi connectivity index (χ0v) is 24.9. The van der Waals surface area contributed by atoms with Gasteiger partial charge in [-0.3, -0.25) is 4.79 Å². The summed E-state index contributed by atoms with van der Waals surface area (Å²) < 4.78 is 35.3. The van der Waals surface area contributed by atoms with Gasteiger partial charge in [-0.25, -0.2) is 13.1 Å². The molecule has 2 aliphatic carbocycles. The van der Waals surface area contributed by atoms with Crippen molar-refractivity contribution in [2.24, 2.45) is 17.8 Å². The minimum absolute atomic E-state index is 0.0783. The zero-order valence-electron chi connectivity index (χ0n) is 23.3.